The lowest BCUT2D eigenvalue weighted by Crippen LogP contribution is -2.61. The molecule has 108 valence electrons. The molecule has 2 heterocycles. The van der Waals surface area contributed by atoms with Crippen LogP contribution in [0.3, 0.4) is 0 Å². The molecule has 2 aliphatic heterocycles. The molecule has 2 saturated heterocycles. The zero-order chi connectivity index (χ0) is 14.1. The molecular weight excluding hydrogens is 263 g/mol. The molecule has 0 bridgehead atoms. The maximum Gasteiger partial charge on any atom is 0.272 e. The summed E-state index contributed by atoms with van der Waals surface area (Å²) in [5.41, 5.74) is 0.257. The molecule has 0 spiro atoms. The van der Waals surface area contributed by atoms with Gasteiger partial charge in [0.15, 0.2) is 5.82 Å². The lowest BCUT2D eigenvalue weighted by molar-refractivity contribution is -0.385. The molecule has 0 aliphatic carbocycles. The Labute approximate surface area is 116 Å². The van der Waals surface area contributed by atoms with Crippen LogP contribution in [0.4, 0.5) is 15.8 Å². The highest BCUT2D eigenvalue weighted by Crippen LogP contribution is 2.25. The molecule has 0 aromatic heterocycles. The summed E-state index contributed by atoms with van der Waals surface area (Å²) in [6, 6.07) is 4.48. The maximum atomic E-state index is 14.0. The van der Waals surface area contributed by atoms with Crippen molar-refractivity contribution in [2.45, 2.75) is 6.04 Å². The topological polar surface area (TPSA) is 61.7 Å². The Kier molecular flexibility index (Phi) is 3.54. The van der Waals surface area contributed by atoms with Gasteiger partial charge in [-0.2, -0.15) is 0 Å². The first-order valence-corrected chi connectivity index (χ1v) is 6.79. The van der Waals surface area contributed by atoms with Gasteiger partial charge in [-0.15, -0.1) is 0 Å². The molecule has 6 nitrogen and oxygen atoms in total. The average Bonchev–Trinajstić information content (AvgIpc) is 2.37. The van der Waals surface area contributed by atoms with Gasteiger partial charge in [0.25, 0.3) is 5.69 Å². The van der Waals surface area contributed by atoms with Gasteiger partial charge in [0.2, 0.25) is 0 Å². The smallest absolute Gasteiger partial charge is 0.272 e. The summed E-state index contributed by atoms with van der Waals surface area (Å²) < 4.78 is 14.0. The largest absolute Gasteiger partial charge is 0.367 e. The van der Waals surface area contributed by atoms with E-state index in [1.54, 1.807) is 0 Å². The number of nitrogens with one attached hydrogen (secondary N) is 1. The van der Waals surface area contributed by atoms with E-state index in [9.17, 15) is 14.5 Å². The van der Waals surface area contributed by atoms with Crippen LogP contribution in [0, 0.1) is 15.9 Å². The predicted molar refractivity (Wildman–Crippen MR) is 73.5 cm³/mol. The van der Waals surface area contributed by atoms with Crippen molar-refractivity contribution in [3.63, 3.8) is 0 Å². The number of anilines is 1. The summed E-state index contributed by atoms with van der Waals surface area (Å²) in [6.07, 6.45) is 0. The molecule has 2 aliphatic rings. The maximum absolute atomic E-state index is 14.0. The fourth-order valence-electron chi connectivity index (χ4n) is 2.73. The van der Waals surface area contributed by atoms with Gasteiger partial charge in [-0.25, -0.2) is 4.39 Å². The van der Waals surface area contributed by atoms with Crippen LogP contribution in [0.15, 0.2) is 18.2 Å². The number of piperazine rings is 1. The van der Waals surface area contributed by atoms with Gasteiger partial charge in [0.05, 0.1) is 16.7 Å². The Morgan fingerprint density at radius 2 is 1.95 bits per heavy atom. The highest BCUT2D eigenvalue weighted by Gasteiger charge is 2.28. The number of halogens is 1. The molecule has 0 amide bonds. The third kappa shape index (κ3) is 2.46. The Morgan fingerprint density at radius 1 is 1.25 bits per heavy atom. The highest BCUT2D eigenvalue weighted by atomic mass is 19.1. The molecular formula is C13H17FN4O2. The molecule has 1 aromatic rings. The number of benzene rings is 1. The second-order valence-corrected chi connectivity index (χ2v) is 5.23. The van der Waals surface area contributed by atoms with E-state index in [2.05, 4.69) is 10.2 Å². The Balaban J connectivity index is 1.66. The van der Waals surface area contributed by atoms with E-state index >= 15 is 0 Å². The van der Waals surface area contributed by atoms with E-state index in [-0.39, 0.29) is 5.69 Å². The van der Waals surface area contributed by atoms with Crippen LogP contribution in [-0.2, 0) is 0 Å². The fraction of sp³-hybridized carbons (Fsp3) is 0.538. The van der Waals surface area contributed by atoms with Crippen LogP contribution in [0.25, 0.3) is 0 Å². The van der Waals surface area contributed by atoms with Gasteiger partial charge < -0.3 is 10.2 Å². The van der Waals surface area contributed by atoms with Crippen LogP contribution < -0.4 is 10.2 Å². The number of nitro groups is 1. The quantitative estimate of drug-likeness (QED) is 0.656. The summed E-state index contributed by atoms with van der Waals surface area (Å²) in [5, 5.41) is 13.9. The van der Waals surface area contributed by atoms with Crippen LogP contribution in [0.1, 0.15) is 0 Å². The fourth-order valence-corrected chi connectivity index (χ4v) is 2.73. The summed E-state index contributed by atoms with van der Waals surface area (Å²) in [7, 11) is 0. The van der Waals surface area contributed by atoms with Crippen LogP contribution >= 0.6 is 0 Å². The SMILES string of the molecule is O=[N+]([O-])c1ccc(N2CCN(C3CNC3)CC2)c(F)c1. The Hall–Kier alpha value is -1.73. The van der Waals surface area contributed by atoms with E-state index in [0.29, 0.717) is 11.7 Å². The van der Waals surface area contributed by atoms with Crippen molar-refractivity contribution in [1.29, 1.82) is 0 Å². The number of rotatable bonds is 3. The van der Waals surface area contributed by atoms with Gasteiger partial charge in [0.1, 0.15) is 0 Å². The van der Waals surface area contributed by atoms with Crippen molar-refractivity contribution in [1.82, 2.24) is 10.2 Å². The molecule has 7 heteroatoms. The summed E-state index contributed by atoms with van der Waals surface area (Å²) in [6.45, 7) is 5.39. The minimum Gasteiger partial charge on any atom is -0.367 e. The van der Waals surface area contributed by atoms with Crippen molar-refractivity contribution < 1.29 is 9.31 Å². The van der Waals surface area contributed by atoms with Crippen molar-refractivity contribution in [3.05, 3.63) is 34.1 Å². The zero-order valence-electron chi connectivity index (χ0n) is 11.1. The molecule has 2 fully saturated rings. The first-order chi connectivity index (χ1) is 9.65. The monoisotopic (exact) mass is 280 g/mol. The van der Waals surface area contributed by atoms with E-state index in [4.69, 9.17) is 0 Å². The molecule has 3 rings (SSSR count). The molecule has 1 aromatic carbocycles. The molecule has 0 atom stereocenters. The van der Waals surface area contributed by atoms with Crippen molar-refractivity contribution in [2.24, 2.45) is 0 Å². The first kappa shape index (κ1) is 13.3. The highest BCUT2D eigenvalue weighted by molar-refractivity contribution is 5.52. The van der Waals surface area contributed by atoms with Crippen LogP contribution in [-0.4, -0.2) is 55.1 Å². The Morgan fingerprint density at radius 3 is 2.45 bits per heavy atom. The van der Waals surface area contributed by atoms with Crippen molar-refractivity contribution in [3.8, 4) is 0 Å². The van der Waals surface area contributed by atoms with Crippen LogP contribution in [0.2, 0.25) is 0 Å². The zero-order valence-corrected chi connectivity index (χ0v) is 11.1. The van der Waals surface area contributed by atoms with Gasteiger partial charge >= 0.3 is 0 Å². The van der Waals surface area contributed by atoms with Crippen molar-refractivity contribution in [2.75, 3.05) is 44.2 Å². The molecule has 0 saturated carbocycles. The van der Waals surface area contributed by atoms with Gasteiger partial charge in [0, 0.05) is 51.4 Å². The van der Waals surface area contributed by atoms with Gasteiger partial charge in [-0.3, -0.25) is 15.0 Å². The summed E-state index contributed by atoms with van der Waals surface area (Å²) >= 11 is 0. The minimum absolute atomic E-state index is 0.203. The lowest BCUT2D eigenvalue weighted by Gasteiger charge is -2.43. The number of nitrogens with zero attached hydrogens (tertiary/aromatic N) is 3. The van der Waals surface area contributed by atoms with E-state index in [1.165, 1.54) is 12.1 Å². The number of hydrogen-bond acceptors (Lipinski definition) is 5. The van der Waals surface area contributed by atoms with Crippen LogP contribution in [0.5, 0.6) is 0 Å². The number of hydrogen-bond donors (Lipinski definition) is 1. The second kappa shape index (κ2) is 5.34. The minimum atomic E-state index is -0.575. The van der Waals surface area contributed by atoms with Gasteiger partial charge in [-0.1, -0.05) is 0 Å². The molecule has 1 N–H and O–H groups in total. The Bertz CT molecular complexity index is 513. The van der Waals surface area contributed by atoms with Gasteiger partial charge in [-0.05, 0) is 6.07 Å². The standard InChI is InChI=1S/C13H17FN4O2/c14-12-7-10(18(19)20)1-2-13(12)17-5-3-16(4-6-17)11-8-15-9-11/h1-2,7,11,15H,3-6,8-9H2. The van der Waals surface area contributed by atoms with E-state index in [1.807, 2.05) is 4.90 Å². The summed E-state index contributed by atoms with van der Waals surface area (Å²) in [5.74, 6) is -0.516. The van der Waals surface area contributed by atoms with E-state index < -0.39 is 10.7 Å². The third-order valence-electron chi connectivity index (χ3n) is 4.07. The normalized spacial score (nSPS) is 20.8. The molecule has 0 unspecified atom stereocenters. The lowest BCUT2D eigenvalue weighted by atomic mass is 10.1. The van der Waals surface area contributed by atoms with E-state index in [0.717, 1.165) is 45.3 Å². The summed E-state index contributed by atoms with van der Waals surface area (Å²) in [4.78, 5) is 14.4. The first-order valence-electron chi connectivity index (χ1n) is 6.79. The molecule has 0 radical (unpaired) electrons. The molecule has 20 heavy (non-hydrogen) atoms. The number of nitro benzene ring substituents is 1. The second-order valence-electron chi connectivity index (χ2n) is 5.23. The third-order valence-corrected chi connectivity index (χ3v) is 4.07. The van der Waals surface area contributed by atoms with Crippen molar-refractivity contribution >= 4 is 11.4 Å². The average molecular weight is 280 g/mol. The predicted octanol–water partition coefficient (Wildman–Crippen LogP) is 0.828. The number of non-ortho nitro benzene ring substituents is 1.